The molecule has 3 heterocycles. The fraction of sp³-hybridized carbons (Fsp3) is 0.167. The van der Waals surface area contributed by atoms with E-state index in [1.165, 1.54) is 49.9 Å². The van der Waals surface area contributed by atoms with Crippen LogP contribution < -0.4 is 0 Å². The Morgan fingerprint density at radius 2 is 1.35 bits per heavy atom. The number of benzene rings is 5. The average molecular weight is 851 g/mol. The molecule has 4 heteroatoms. The van der Waals surface area contributed by atoms with Crippen molar-refractivity contribution in [2.75, 3.05) is 0 Å². The predicted octanol–water partition coefficient (Wildman–Crippen LogP) is 11.7. The number of rotatable bonds is 4. The zero-order valence-electron chi connectivity index (χ0n) is 29.9. The molecule has 0 bridgehead atoms. The number of para-hydroxylation sites is 1. The van der Waals surface area contributed by atoms with Crippen molar-refractivity contribution in [1.29, 1.82) is 0 Å². The third kappa shape index (κ3) is 4.48. The van der Waals surface area contributed by atoms with E-state index in [-0.39, 0.29) is 21.1 Å². The number of nitrogens with zero attached hydrogens (tertiary/aromatic N) is 3. The van der Waals surface area contributed by atoms with Crippen molar-refractivity contribution in [3.8, 4) is 39.5 Å². The van der Waals surface area contributed by atoms with Gasteiger partial charge in [-0.2, -0.15) is 0 Å². The Hall–Kier alpha value is -5.11. The normalized spacial score (nSPS) is 13.4. The summed E-state index contributed by atoms with van der Waals surface area (Å²) in [5, 5.41) is 2.33. The standard InChI is InChI=1S/C48H37N3.Pt/c1-28(2)31-18-21-40-37(25-31)38-26-32(29(3)4)19-22-41(38)48(40)39-14-8-6-13-36(39)47-42(48)23-24-46(50-47)51-44-16-9-7-12-34(44)35-20-17-33(27-45(35)51)43-15-10-11-30(5)49-43;/h6-12,14-26,28-29H,1-5H3;/q-2;+2. The van der Waals surface area contributed by atoms with E-state index in [0.717, 1.165) is 50.4 Å². The molecule has 3 aromatic heterocycles. The number of hydrogen-bond acceptors (Lipinski definition) is 2. The van der Waals surface area contributed by atoms with Crippen LogP contribution >= 0.6 is 0 Å². The summed E-state index contributed by atoms with van der Waals surface area (Å²) in [5.74, 6) is 1.75. The van der Waals surface area contributed by atoms with Crippen molar-refractivity contribution in [2.24, 2.45) is 0 Å². The molecule has 52 heavy (non-hydrogen) atoms. The number of aromatic nitrogens is 3. The van der Waals surface area contributed by atoms with E-state index in [9.17, 15) is 0 Å². The number of pyridine rings is 2. The molecule has 0 radical (unpaired) electrons. The van der Waals surface area contributed by atoms with E-state index in [1.807, 2.05) is 19.1 Å². The fourth-order valence-electron chi connectivity index (χ4n) is 8.80. The molecule has 0 unspecified atom stereocenters. The first-order chi connectivity index (χ1) is 24.8. The van der Waals surface area contributed by atoms with Gasteiger partial charge in [-0.3, -0.25) is 4.98 Å². The van der Waals surface area contributed by atoms with E-state index in [2.05, 4.69) is 154 Å². The van der Waals surface area contributed by atoms with Gasteiger partial charge in [0, 0.05) is 16.6 Å². The maximum Gasteiger partial charge on any atom is 2.00 e. The van der Waals surface area contributed by atoms with Gasteiger partial charge >= 0.3 is 21.1 Å². The number of hydrogen-bond donors (Lipinski definition) is 0. The summed E-state index contributed by atoms with van der Waals surface area (Å²) in [6, 6.07) is 51.9. The van der Waals surface area contributed by atoms with E-state index < -0.39 is 5.41 Å². The monoisotopic (exact) mass is 850 g/mol. The van der Waals surface area contributed by atoms with Crippen LogP contribution in [0.15, 0.2) is 121 Å². The quantitative estimate of drug-likeness (QED) is 0.165. The van der Waals surface area contributed by atoms with Crippen molar-refractivity contribution in [1.82, 2.24) is 14.5 Å². The molecule has 10 rings (SSSR count). The Morgan fingerprint density at radius 1 is 0.635 bits per heavy atom. The molecule has 0 amide bonds. The molecule has 0 fully saturated rings. The van der Waals surface area contributed by atoms with Crippen LogP contribution in [0.2, 0.25) is 0 Å². The van der Waals surface area contributed by atoms with E-state index in [0.29, 0.717) is 11.8 Å². The summed E-state index contributed by atoms with van der Waals surface area (Å²) in [7, 11) is 0. The van der Waals surface area contributed by atoms with E-state index in [1.54, 1.807) is 0 Å². The molecule has 2 aliphatic carbocycles. The van der Waals surface area contributed by atoms with Crippen molar-refractivity contribution in [3.63, 3.8) is 0 Å². The first kappa shape index (κ1) is 32.8. The van der Waals surface area contributed by atoms with Crippen LogP contribution in [0.3, 0.4) is 0 Å². The number of fused-ring (bicyclic) bond motifs is 13. The Bertz CT molecular complexity index is 2680. The van der Waals surface area contributed by atoms with Crippen molar-refractivity contribution in [3.05, 3.63) is 173 Å². The molecule has 0 saturated heterocycles. The molecule has 8 aromatic rings. The Labute approximate surface area is 319 Å². The Kier molecular flexibility index (Phi) is 7.54. The first-order valence-corrected chi connectivity index (χ1v) is 18.1. The maximum atomic E-state index is 5.61. The van der Waals surface area contributed by atoms with Crippen LogP contribution in [0.1, 0.15) is 78.6 Å². The summed E-state index contributed by atoms with van der Waals surface area (Å²) in [6.45, 7) is 11.2. The zero-order valence-corrected chi connectivity index (χ0v) is 32.1. The maximum absolute atomic E-state index is 5.61. The largest absolute Gasteiger partial charge is 2.00 e. The molecular formula is C48H37N3Pt. The van der Waals surface area contributed by atoms with Gasteiger partial charge in [0.2, 0.25) is 0 Å². The average Bonchev–Trinajstić information content (AvgIpc) is 3.75. The molecule has 0 saturated carbocycles. The van der Waals surface area contributed by atoms with Gasteiger partial charge in [0.05, 0.1) is 0 Å². The third-order valence-electron chi connectivity index (χ3n) is 11.3. The third-order valence-corrected chi connectivity index (χ3v) is 11.3. The minimum atomic E-state index is -0.472. The second kappa shape index (κ2) is 12.0. The smallest absolute Gasteiger partial charge is 0.313 e. The fourth-order valence-corrected chi connectivity index (χ4v) is 8.80. The minimum absolute atomic E-state index is 0. The van der Waals surface area contributed by atoms with Crippen LogP contribution in [0.5, 0.6) is 0 Å². The van der Waals surface area contributed by atoms with Crippen molar-refractivity contribution >= 4 is 21.8 Å². The molecule has 0 aliphatic heterocycles. The van der Waals surface area contributed by atoms with Gasteiger partial charge in [0.15, 0.2) is 0 Å². The van der Waals surface area contributed by atoms with Crippen LogP contribution in [0, 0.1) is 19.1 Å². The SMILES string of the molecule is Cc1cccc(-c2[c-]c3c(cc2)c2ccccc2n3-c2ccc3c(n2)-c2[c-]cccc2C32c3ccc(C(C)C)cc3-c3cc(C(C)C)ccc32)n1.[Pt+2]. The van der Waals surface area contributed by atoms with Crippen LogP contribution in [0.25, 0.3) is 61.3 Å². The summed E-state index contributed by atoms with van der Waals surface area (Å²) in [4.78, 5) is 10.4. The predicted molar refractivity (Wildman–Crippen MR) is 209 cm³/mol. The second-order valence-electron chi connectivity index (χ2n) is 14.8. The molecule has 3 nitrogen and oxygen atoms in total. The van der Waals surface area contributed by atoms with Gasteiger partial charge in [-0.25, -0.2) is 0 Å². The van der Waals surface area contributed by atoms with Crippen LogP contribution in [-0.2, 0) is 26.5 Å². The molecule has 5 aromatic carbocycles. The second-order valence-corrected chi connectivity index (χ2v) is 14.8. The van der Waals surface area contributed by atoms with Crippen LogP contribution in [0.4, 0.5) is 0 Å². The molecular weight excluding hydrogens is 814 g/mol. The van der Waals surface area contributed by atoms with Crippen molar-refractivity contribution in [2.45, 2.75) is 51.9 Å². The molecule has 254 valence electrons. The molecule has 1 spiro atoms. The van der Waals surface area contributed by atoms with Gasteiger partial charge < -0.3 is 9.55 Å². The minimum Gasteiger partial charge on any atom is -0.313 e. The summed E-state index contributed by atoms with van der Waals surface area (Å²) >= 11 is 0. The van der Waals surface area contributed by atoms with Gasteiger partial charge in [0.1, 0.15) is 5.82 Å². The van der Waals surface area contributed by atoms with Gasteiger partial charge in [-0.05, 0) is 92.6 Å². The van der Waals surface area contributed by atoms with Crippen LogP contribution in [-0.4, -0.2) is 14.5 Å². The first-order valence-electron chi connectivity index (χ1n) is 18.1. The van der Waals surface area contributed by atoms with E-state index >= 15 is 0 Å². The Morgan fingerprint density at radius 3 is 2.06 bits per heavy atom. The van der Waals surface area contributed by atoms with Crippen molar-refractivity contribution < 1.29 is 21.1 Å². The molecule has 2 aliphatic rings. The molecule has 0 N–H and O–H groups in total. The summed E-state index contributed by atoms with van der Waals surface area (Å²) in [6.07, 6.45) is 0. The van der Waals surface area contributed by atoms with Gasteiger partial charge in [0.25, 0.3) is 0 Å². The van der Waals surface area contributed by atoms with Gasteiger partial charge in [-0.1, -0.05) is 111 Å². The molecule has 0 atom stereocenters. The zero-order chi connectivity index (χ0) is 34.6. The summed E-state index contributed by atoms with van der Waals surface area (Å²) < 4.78 is 2.28. The summed E-state index contributed by atoms with van der Waals surface area (Å²) in [5.41, 5.74) is 17.1. The Balaban J connectivity index is 0.00000360. The van der Waals surface area contributed by atoms with E-state index in [4.69, 9.17) is 9.97 Å². The number of aryl methyl sites for hydroxylation is 1. The topological polar surface area (TPSA) is 30.7 Å². The van der Waals surface area contributed by atoms with Gasteiger partial charge in [-0.15, -0.1) is 59.2 Å².